The van der Waals surface area contributed by atoms with Crippen LogP contribution in [-0.4, -0.2) is 37.2 Å². The Labute approximate surface area is 219 Å². The number of hydrogen-bond donors (Lipinski definition) is 2. The van der Waals surface area contributed by atoms with Crippen molar-refractivity contribution >= 4 is 43.1 Å². The van der Waals surface area contributed by atoms with Crippen molar-refractivity contribution in [3.63, 3.8) is 0 Å². The highest BCUT2D eigenvalue weighted by Gasteiger charge is 2.47. The van der Waals surface area contributed by atoms with Crippen LogP contribution in [0.2, 0.25) is 26.7 Å². The van der Waals surface area contributed by atoms with Crippen LogP contribution in [0.25, 0.3) is 0 Å². The number of Topliss-reactive ketones (excluding diaryl/α,β-unsaturated/α-hetero) is 2. The number of phenols is 2. The van der Waals surface area contributed by atoms with Gasteiger partial charge < -0.3 is 19.4 Å². The number of ether oxygens (including phenoxy) is 1. The van der Waals surface area contributed by atoms with Gasteiger partial charge in [-0.3, -0.25) is 9.59 Å². The van der Waals surface area contributed by atoms with E-state index in [0.717, 1.165) is 0 Å². The van der Waals surface area contributed by atoms with Gasteiger partial charge in [-0.25, -0.2) is 0 Å². The van der Waals surface area contributed by atoms with Crippen molar-refractivity contribution in [2.24, 2.45) is 0 Å². The van der Waals surface area contributed by atoms with E-state index >= 15 is 0 Å². The van der Waals surface area contributed by atoms with Crippen LogP contribution in [0.1, 0.15) is 76.1 Å². The molecule has 2 aromatic carbocycles. The molecule has 0 aliphatic rings. The van der Waals surface area contributed by atoms with Crippen molar-refractivity contribution in [1.29, 1.82) is 0 Å². The molecule has 0 atom stereocenters. The van der Waals surface area contributed by atoms with Crippen LogP contribution in [0.3, 0.4) is 0 Å². The van der Waals surface area contributed by atoms with E-state index in [2.05, 4.69) is 41.5 Å². The Kier molecular flexibility index (Phi) is 11.1. The molecule has 2 rings (SSSR count). The minimum atomic E-state index is -2.12. The molecule has 0 radical (unpaired) electrons. The van der Waals surface area contributed by atoms with E-state index in [9.17, 15) is 19.8 Å². The van der Waals surface area contributed by atoms with Crippen molar-refractivity contribution in [2.45, 2.75) is 72.0 Å². The zero-order chi connectivity index (χ0) is 27.2. The molecule has 0 aromatic heterocycles. The van der Waals surface area contributed by atoms with Gasteiger partial charge in [0.1, 0.15) is 23.0 Å². The summed E-state index contributed by atoms with van der Waals surface area (Å²) in [4.78, 5) is 22.8. The molecule has 0 bridgehead atoms. The highest BCUT2D eigenvalue weighted by atomic mass is 35.5. The molecule has 0 heterocycles. The average molecular weight is 544 g/mol. The third-order valence-corrected chi connectivity index (χ3v) is 12.6. The van der Waals surface area contributed by atoms with Gasteiger partial charge in [-0.1, -0.05) is 64.7 Å². The van der Waals surface area contributed by atoms with Gasteiger partial charge in [0.25, 0.3) is 8.32 Å². The molecule has 0 spiro atoms. The SMILES string of the molecule is CC(=O)c1cc(O[Si](C(C)C)(C(C)C)C(C)C)cc(Cl)c1O.COc1c(Cl)cc(O)cc1C(C)=O. The molecule has 194 valence electrons. The Hall–Kier alpha value is -2.22. The van der Waals surface area contributed by atoms with Crippen molar-refractivity contribution in [2.75, 3.05) is 7.11 Å². The second kappa shape index (κ2) is 12.7. The first-order chi connectivity index (χ1) is 16.1. The Morgan fingerprint density at radius 3 is 1.69 bits per heavy atom. The summed E-state index contributed by atoms with van der Waals surface area (Å²) in [7, 11) is -0.697. The fourth-order valence-corrected chi connectivity index (χ4v) is 10.2. The summed E-state index contributed by atoms with van der Waals surface area (Å²) in [6.07, 6.45) is 0. The molecule has 0 aliphatic carbocycles. The number of methoxy groups -OCH3 is 1. The van der Waals surface area contributed by atoms with Crippen molar-refractivity contribution in [3.8, 4) is 23.0 Å². The zero-order valence-corrected chi connectivity index (χ0v) is 24.3. The highest BCUT2D eigenvalue weighted by Crippen LogP contribution is 2.44. The molecule has 0 fully saturated rings. The third kappa shape index (κ3) is 7.15. The van der Waals surface area contributed by atoms with Gasteiger partial charge in [0.15, 0.2) is 11.6 Å². The fraction of sp³-hybridized carbons (Fsp3) is 0.462. The summed E-state index contributed by atoms with van der Waals surface area (Å²) in [6.45, 7) is 16.0. The van der Waals surface area contributed by atoms with Crippen LogP contribution in [0.5, 0.6) is 23.0 Å². The Bertz CT molecular complexity index is 1040. The number of benzene rings is 2. The summed E-state index contributed by atoms with van der Waals surface area (Å²) in [6, 6.07) is 5.87. The van der Waals surface area contributed by atoms with Crippen LogP contribution < -0.4 is 9.16 Å². The molecule has 0 saturated heterocycles. The first kappa shape index (κ1) is 30.8. The van der Waals surface area contributed by atoms with Gasteiger partial charge in [0.2, 0.25) is 0 Å². The van der Waals surface area contributed by atoms with Crippen LogP contribution in [0.4, 0.5) is 0 Å². The zero-order valence-electron chi connectivity index (χ0n) is 21.8. The maximum absolute atomic E-state index is 11.7. The van der Waals surface area contributed by atoms with Crippen molar-refractivity contribution in [1.82, 2.24) is 0 Å². The van der Waals surface area contributed by atoms with Gasteiger partial charge in [-0.05, 0) is 42.6 Å². The summed E-state index contributed by atoms with van der Waals surface area (Å²) in [5, 5.41) is 19.5. The lowest BCUT2D eigenvalue weighted by Crippen LogP contribution is -2.50. The van der Waals surface area contributed by atoms with Crippen LogP contribution in [0.15, 0.2) is 24.3 Å². The number of carbonyl (C=O) groups is 2. The summed E-state index contributed by atoms with van der Waals surface area (Å²) < 4.78 is 11.4. The molecule has 2 aromatic rings. The van der Waals surface area contributed by atoms with E-state index in [0.29, 0.717) is 28.1 Å². The lowest BCUT2D eigenvalue weighted by Gasteiger charge is -2.42. The van der Waals surface area contributed by atoms with Crippen molar-refractivity contribution < 1.29 is 29.0 Å². The van der Waals surface area contributed by atoms with Crippen molar-refractivity contribution in [3.05, 3.63) is 45.4 Å². The predicted octanol–water partition coefficient (Wildman–Crippen LogP) is 8.06. The predicted molar refractivity (Wildman–Crippen MR) is 144 cm³/mol. The molecular formula is C26H36Cl2O6Si. The molecule has 35 heavy (non-hydrogen) atoms. The molecule has 0 saturated carbocycles. The first-order valence-corrected chi connectivity index (χ1v) is 14.3. The monoisotopic (exact) mass is 542 g/mol. The van der Waals surface area contributed by atoms with Gasteiger partial charge >= 0.3 is 0 Å². The molecule has 9 heteroatoms. The maximum Gasteiger partial charge on any atom is 0.258 e. The standard InChI is InChI=1S/C17H27ClO3Si.C9H9ClO3/c1-10(2)22(11(3)4,12(5)6)21-14-8-15(13(7)19)17(20)16(18)9-14;1-5(11)7-3-6(12)4-8(10)9(7)13-2/h8-12,20H,1-7H3;3-4,12H,1-2H3. The molecule has 0 amide bonds. The van der Waals surface area contributed by atoms with Gasteiger partial charge in [-0.2, -0.15) is 0 Å². The summed E-state index contributed by atoms with van der Waals surface area (Å²) in [5.41, 5.74) is 1.75. The largest absolute Gasteiger partial charge is 0.543 e. The maximum atomic E-state index is 11.7. The molecule has 0 aliphatic heterocycles. The van der Waals surface area contributed by atoms with E-state index in [1.54, 1.807) is 12.1 Å². The fourth-order valence-electron chi connectivity index (χ4n) is 4.51. The van der Waals surface area contributed by atoms with E-state index < -0.39 is 8.32 Å². The summed E-state index contributed by atoms with van der Waals surface area (Å²) >= 11 is 11.8. The molecular weight excluding hydrogens is 507 g/mol. The first-order valence-electron chi connectivity index (χ1n) is 11.4. The number of hydrogen-bond acceptors (Lipinski definition) is 6. The Balaban J connectivity index is 0.000000400. The van der Waals surface area contributed by atoms with E-state index in [4.69, 9.17) is 32.4 Å². The van der Waals surface area contributed by atoms with Gasteiger partial charge in [0, 0.05) is 12.1 Å². The second-order valence-electron chi connectivity index (χ2n) is 9.34. The lowest BCUT2D eigenvalue weighted by atomic mass is 10.1. The number of ketones is 2. The number of aromatic hydroxyl groups is 2. The number of halogens is 2. The Morgan fingerprint density at radius 1 is 0.800 bits per heavy atom. The quantitative estimate of drug-likeness (QED) is 0.258. The normalized spacial score (nSPS) is 11.4. The highest BCUT2D eigenvalue weighted by molar-refractivity contribution is 6.78. The molecule has 6 nitrogen and oxygen atoms in total. The van der Waals surface area contributed by atoms with Crippen LogP contribution >= 0.6 is 23.2 Å². The van der Waals surface area contributed by atoms with E-state index in [-0.39, 0.29) is 44.2 Å². The summed E-state index contributed by atoms with van der Waals surface area (Å²) in [5.74, 6) is 0.233. The smallest absolute Gasteiger partial charge is 0.258 e. The van der Waals surface area contributed by atoms with Gasteiger partial charge in [0.05, 0.1) is 28.3 Å². The number of rotatable bonds is 8. The molecule has 0 unspecified atom stereocenters. The number of carbonyl (C=O) groups excluding carboxylic acids is 2. The van der Waals surface area contributed by atoms with E-state index in [1.807, 2.05) is 0 Å². The topological polar surface area (TPSA) is 93.1 Å². The average Bonchev–Trinajstić information content (AvgIpc) is 2.73. The van der Waals surface area contributed by atoms with Gasteiger partial charge in [-0.15, -0.1) is 0 Å². The van der Waals surface area contributed by atoms with Crippen LogP contribution in [0, 0.1) is 0 Å². The third-order valence-electron chi connectivity index (χ3n) is 6.03. The minimum Gasteiger partial charge on any atom is -0.543 e. The van der Waals surface area contributed by atoms with Crippen LogP contribution in [-0.2, 0) is 0 Å². The number of phenolic OH excluding ortho intramolecular Hbond substituents is 2. The minimum absolute atomic E-state index is 0.0454. The second-order valence-corrected chi connectivity index (χ2v) is 15.5. The molecule has 2 N–H and O–H groups in total. The lowest BCUT2D eigenvalue weighted by molar-refractivity contribution is 0.100. The Morgan fingerprint density at radius 2 is 1.29 bits per heavy atom. The van der Waals surface area contributed by atoms with E-state index in [1.165, 1.54) is 33.1 Å².